The lowest BCUT2D eigenvalue weighted by atomic mass is 10.2. The number of rotatable bonds is 1. The van der Waals surface area contributed by atoms with E-state index in [0.29, 0.717) is 8.91 Å². The number of thiol groups is 1. The molecule has 14 heavy (non-hydrogen) atoms. The number of thiophene rings is 1. The molecule has 0 aliphatic heterocycles. The van der Waals surface area contributed by atoms with E-state index in [1.54, 1.807) is 12.1 Å². The highest BCUT2D eigenvalue weighted by Gasteiger charge is 2.18. The highest BCUT2D eigenvalue weighted by atomic mass is 32.2. The van der Waals surface area contributed by atoms with Gasteiger partial charge in [0.25, 0.3) is 5.69 Å². The Morgan fingerprint density at radius 1 is 1.50 bits per heavy atom. The molecule has 0 atom stereocenters. The van der Waals surface area contributed by atoms with E-state index in [1.165, 1.54) is 17.4 Å². The van der Waals surface area contributed by atoms with Crippen LogP contribution < -0.4 is 0 Å². The van der Waals surface area contributed by atoms with E-state index < -0.39 is 4.92 Å². The molecule has 6 heteroatoms. The van der Waals surface area contributed by atoms with Crippen molar-refractivity contribution in [3.63, 3.8) is 0 Å². The zero-order valence-electron chi connectivity index (χ0n) is 6.80. The molecule has 0 spiro atoms. The van der Waals surface area contributed by atoms with Gasteiger partial charge in [-0.3, -0.25) is 10.1 Å². The third kappa shape index (κ3) is 1.23. The Bertz CT molecular complexity index is 521. The van der Waals surface area contributed by atoms with Gasteiger partial charge in [0.15, 0.2) is 5.75 Å². The van der Waals surface area contributed by atoms with E-state index in [1.807, 2.05) is 0 Å². The molecule has 0 radical (unpaired) electrons. The molecule has 0 fully saturated rings. The summed E-state index contributed by atoms with van der Waals surface area (Å²) < 4.78 is 1.07. The second-order valence-corrected chi connectivity index (χ2v) is 4.47. The Hall–Kier alpha value is -1.27. The third-order valence-corrected chi connectivity index (χ3v) is 3.28. The molecule has 2 aromatic rings. The van der Waals surface area contributed by atoms with Crippen LogP contribution >= 0.6 is 24.0 Å². The van der Waals surface area contributed by atoms with E-state index in [-0.39, 0.29) is 16.8 Å². The van der Waals surface area contributed by atoms with E-state index >= 15 is 0 Å². The molecular formula is C8H5NO3S2. The van der Waals surface area contributed by atoms with Crippen LogP contribution in [-0.4, -0.2) is 10.0 Å². The lowest BCUT2D eigenvalue weighted by Crippen LogP contribution is -1.87. The van der Waals surface area contributed by atoms with Crippen molar-refractivity contribution in [1.29, 1.82) is 0 Å². The van der Waals surface area contributed by atoms with E-state index in [2.05, 4.69) is 12.6 Å². The maximum Gasteiger partial charge on any atom is 0.281 e. The topological polar surface area (TPSA) is 63.4 Å². The molecule has 0 bridgehead atoms. The van der Waals surface area contributed by atoms with Crippen molar-refractivity contribution in [2.45, 2.75) is 4.21 Å². The van der Waals surface area contributed by atoms with Gasteiger partial charge in [0.1, 0.15) is 9.60 Å². The first kappa shape index (κ1) is 9.29. The highest BCUT2D eigenvalue weighted by Crippen LogP contribution is 2.43. The summed E-state index contributed by atoms with van der Waals surface area (Å²) >= 11 is 5.24. The molecular weight excluding hydrogens is 222 g/mol. The highest BCUT2D eigenvalue weighted by molar-refractivity contribution is 7.83. The lowest BCUT2D eigenvalue weighted by Gasteiger charge is -1.93. The molecule has 0 amide bonds. The summed E-state index contributed by atoms with van der Waals surface area (Å²) in [6.45, 7) is 0. The van der Waals surface area contributed by atoms with Gasteiger partial charge < -0.3 is 5.11 Å². The number of hydrogen-bond acceptors (Lipinski definition) is 5. The smallest absolute Gasteiger partial charge is 0.281 e. The van der Waals surface area contributed by atoms with Gasteiger partial charge in [0.05, 0.1) is 4.92 Å². The van der Waals surface area contributed by atoms with Crippen molar-refractivity contribution < 1.29 is 10.0 Å². The minimum Gasteiger partial charge on any atom is -0.505 e. The molecule has 1 N–H and O–H groups in total. The first-order valence-electron chi connectivity index (χ1n) is 3.69. The first-order valence-corrected chi connectivity index (χ1v) is 4.95. The van der Waals surface area contributed by atoms with Crippen LogP contribution in [0.1, 0.15) is 0 Å². The molecule has 0 aliphatic rings. The lowest BCUT2D eigenvalue weighted by molar-refractivity contribution is -0.383. The number of non-ortho nitro benzene ring substituents is 1. The van der Waals surface area contributed by atoms with Crippen molar-refractivity contribution in [2.24, 2.45) is 0 Å². The summed E-state index contributed by atoms with van der Waals surface area (Å²) in [6, 6.07) is 4.66. The van der Waals surface area contributed by atoms with E-state index in [4.69, 9.17) is 0 Å². The normalized spacial score (nSPS) is 10.6. The zero-order valence-corrected chi connectivity index (χ0v) is 8.51. The van der Waals surface area contributed by atoms with Gasteiger partial charge in [-0.05, 0) is 6.07 Å². The Balaban J connectivity index is 2.91. The van der Waals surface area contributed by atoms with Gasteiger partial charge in [-0.15, -0.1) is 24.0 Å². The largest absolute Gasteiger partial charge is 0.505 e. The maximum absolute atomic E-state index is 10.7. The molecule has 1 aromatic heterocycles. The van der Waals surface area contributed by atoms with Gasteiger partial charge in [0.2, 0.25) is 0 Å². The summed E-state index contributed by atoms with van der Waals surface area (Å²) in [5.41, 5.74) is -0.0865. The average Bonchev–Trinajstić information content (AvgIpc) is 2.43. The van der Waals surface area contributed by atoms with Crippen LogP contribution in [0.5, 0.6) is 5.75 Å². The third-order valence-electron chi connectivity index (χ3n) is 1.85. The number of hydrogen-bond donors (Lipinski definition) is 2. The summed E-state index contributed by atoms with van der Waals surface area (Å²) in [5.74, 6) is -0.111. The standard InChI is InChI=1S/C8H5NO3S2/c10-7-6-4(9(11)12)2-1-3-5(6)14-8(7)13/h1-3,10,13H. The number of nitro benzene ring substituents is 1. The number of nitrogens with zero attached hydrogens (tertiary/aromatic N) is 1. The Morgan fingerprint density at radius 3 is 2.86 bits per heavy atom. The summed E-state index contributed by atoms with van der Waals surface area (Å²) in [7, 11) is 0. The van der Waals surface area contributed by atoms with Crippen molar-refractivity contribution in [3.05, 3.63) is 28.3 Å². The second-order valence-electron chi connectivity index (χ2n) is 2.66. The van der Waals surface area contributed by atoms with Crippen LogP contribution in [0.2, 0.25) is 0 Å². The minimum atomic E-state index is -0.512. The number of fused-ring (bicyclic) bond motifs is 1. The first-order chi connectivity index (χ1) is 6.61. The van der Waals surface area contributed by atoms with Gasteiger partial charge in [0, 0.05) is 10.8 Å². The molecule has 0 saturated carbocycles. The van der Waals surface area contributed by atoms with Gasteiger partial charge in [-0.1, -0.05) is 6.07 Å². The molecule has 0 unspecified atom stereocenters. The minimum absolute atomic E-state index is 0.0865. The quantitative estimate of drug-likeness (QED) is 0.447. The Kier molecular flexibility index (Phi) is 2.09. The monoisotopic (exact) mass is 227 g/mol. The van der Waals surface area contributed by atoms with Crippen molar-refractivity contribution in [3.8, 4) is 5.75 Å². The van der Waals surface area contributed by atoms with E-state index in [9.17, 15) is 15.2 Å². The molecule has 4 nitrogen and oxygen atoms in total. The van der Waals surface area contributed by atoms with Gasteiger partial charge >= 0.3 is 0 Å². The van der Waals surface area contributed by atoms with Crippen molar-refractivity contribution in [2.75, 3.05) is 0 Å². The molecule has 72 valence electrons. The van der Waals surface area contributed by atoms with Crippen molar-refractivity contribution in [1.82, 2.24) is 0 Å². The second kappa shape index (κ2) is 3.14. The molecule has 1 aromatic carbocycles. The van der Waals surface area contributed by atoms with Crippen LogP contribution in [-0.2, 0) is 0 Å². The molecule has 2 rings (SSSR count). The zero-order chi connectivity index (χ0) is 10.3. The molecule has 0 aliphatic carbocycles. The SMILES string of the molecule is O=[N+]([O-])c1cccc2sc(S)c(O)c12. The summed E-state index contributed by atoms with van der Waals surface area (Å²) in [6.07, 6.45) is 0. The van der Waals surface area contributed by atoms with Gasteiger partial charge in [-0.25, -0.2) is 0 Å². The van der Waals surface area contributed by atoms with Gasteiger partial charge in [-0.2, -0.15) is 0 Å². The summed E-state index contributed by atoms with van der Waals surface area (Å²) in [4.78, 5) is 10.1. The number of nitro groups is 1. The molecule has 0 saturated heterocycles. The predicted molar refractivity (Wildman–Crippen MR) is 57.4 cm³/mol. The fourth-order valence-electron chi connectivity index (χ4n) is 1.25. The predicted octanol–water partition coefficient (Wildman–Crippen LogP) is 2.80. The van der Waals surface area contributed by atoms with Crippen LogP contribution in [0, 0.1) is 10.1 Å². The van der Waals surface area contributed by atoms with Crippen LogP contribution in [0.3, 0.4) is 0 Å². The fourth-order valence-corrected chi connectivity index (χ4v) is 2.52. The summed E-state index contributed by atoms with van der Waals surface area (Å²) in [5, 5.41) is 20.5. The van der Waals surface area contributed by atoms with Crippen LogP contribution in [0.4, 0.5) is 5.69 Å². The van der Waals surface area contributed by atoms with Crippen molar-refractivity contribution >= 4 is 39.7 Å². The van der Waals surface area contributed by atoms with Crippen LogP contribution in [0.25, 0.3) is 10.1 Å². The Morgan fingerprint density at radius 2 is 2.21 bits per heavy atom. The number of aromatic hydroxyl groups is 1. The fraction of sp³-hybridized carbons (Fsp3) is 0. The van der Waals surface area contributed by atoms with E-state index in [0.717, 1.165) is 0 Å². The Labute approximate surface area is 88.4 Å². The average molecular weight is 227 g/mol. The number of benzene rings is 1. The maximum atomic E-state index is 10.7. The molecule has 1 heterocycles. The van der Waals surface area contributed by atoms with Crippen LogP contribution in [0.15, 0.2) is 22.4 Å².